The zero-order chi connectivity index (χ0) is 20.1. The van der Waals surface area contributed by atoms with Crippen molar-refractivity contribution in [2.45, 2.75) is 39.7 Å². The Morgan fingerprint density at radius 1 is 0.964 bits per heavy atom. The van der Waals surface area contributed by atoms with Gasteiger partial charge in [0.15, 0.2) is 0 Å². The van der Waals surface area contributed by atoms with Crippen LogP contribution in [0.2, 0.25) is 0 Å². The van der Waals surface area contributed by atoms with E-state index in [4.69, 9.17) is 0 Å². The molecule has 2 aromatic rings. The Hall–Kier alpha value is -2.82. The van der Waals surface area contributed by atoms with Crippen molar-refractivity contribution in [3.8, 4) is 0 Å². The lowest BCUT2D eigenvalue weighted by Crippen LogP contribution is -2.47. The van der Waals surface area contributed by atoms with Crippen LogP contribution >= 0.6 is 0 Å². The molecule has 2 aromatic carbocycles. The van der Waals surface area contributed by atoms with E-state index in [1.165, 1.54) is 18.5 Å². The zero-order valence-corrected chi connectivity index (χ0v) is 16.9. The van der Waals surface area contributed by atoms with Crippen molar-refractivity contribution in [3.63, 3.8) is 0 Å². The van der Waals surface area contributed by atoms with E-state index in [9.17, 15) is 9.59 Å². The van der Waals surface area contributed by atoms with Crippen molar-refractivity contribution in [1.82, 2.24) is 5.32 Å². The summed E-state index contributed by atoms with van der Waals surface area (Å²) in [6.45, 7) is 7.93. The Bertz CT molecular complexity index is 824. The second-order valence-corrected chi connectivity index (χ2v) is 7.74. The smallest absolute Gasteiger partial charge is 0.252 e. The molecule has 2 amide bonds. The van der Waals surface area contributed by atoms with Crippen LogP contribution < -0.4 is 15.5 Å². The Labute approximate surface area is 167 Å². The van der Waals surface area contributed by atoms with E-state index in [1.807, 2.05) is 63.2 Å². The maximum atomic E-state index is 12.8. The van der Waals surface area contributed by atoms with Gasteiger partial charge in [0.25, 0.3) is 5.91 Å². The molecule has 5 heteroatoms. The van der Waals surface area contributed by atoms with E-state index in [2.05, 4.69) is 15.5 Å². The lowest BCUT2D eigenvalue weighted by Gasteiger charge is -2.22. The summed E-state index contributed by atoms with van der Waals surface area (Å²) in [5.74, 6) is -0.459. The van der Waals surface area contributed by atoms with Gasteiger partial charge in [0, 0.05) is 30.0 Å². The summed E-state index contributed by atoms with van der Waals surface area (Å²) in [5, 5.41) is 5.83. The minimum Gasteiger partial charge on any atom is -0.372 e. The Balaban J connectivity index is 1.66. The van der Waals surface area contributed by atoms with Crippen LogP contribution in [-0.2, 0) is 4.79 Å². The Morgan fingerprint density at radius 3 is 2.21 bits per heavy atom. The first-order valence-electron chi connectivity index (χ1n) is 9.98. The van der Waals surface area contributed by atoms with E-state index in [0.717, 1.165) is 24.3 Å². The summed E-state index contributed by atoms with van der Waals surface area (Å²) in [5.41, 5.74) is 3.41. The Kier molecular flexibility index (Phi) is 6.34. The quantitative estimate of drug-likeness (QED) is 0.798. The summed E-state index contributed by atoms with van der Waals surface area (Å²) in [6, 6.07) is 14.7. The largest absolute Gasteiger partial charge is 0.372 e. The molecule has 1 aliphatic heterocycles. The fraction of sp³-hybridized carbons (Fsp3) is 0.391. The number of nitrogens with one attached hydrogen (secondary N) is 2. The highest BCUT2D eigenvalue weighted by molar-refractivity contribution is 6.02. The summed E-state index contributed by atoms with van der Waals surface area (Å²) >= 11 is 0. The number of hydrogen-bond acceptors (Lipinski definition) is 3. The van der Waals surface area contributed by atoms with Crippen molar-refractivity contribution in [2.24, 2.45) is 5.92 Å². The number of anilines is 2. The fourth-order valence-corrected chi connectivity index (χ4v) is 3.53. The van der Waals surface area contributed by atoms with Crippen LogP contribution in [0.15, 0.2) is 48.5 Å². The normalized spacial score (nSPS) is 14.8. The van der Waals surface area contributed by atoms with Gasteiger partial charge < -0.3 is 15.5 Å². The molecule has 148 valence electrons. The van der Waals surface area contributed by atoms with Gasteiger partial charge in [-0.25, -0.2) is 0 Å². The van der Waals surface area contributed by atoms with Gasteiger partial charge in [0.1, 0.15) is 6.04 Å². The summed E-state index contributed by atoms with van der Waals surface area (Å²) in [7, 11) is 0. The fourth-order valence-electron chi connectivity index (χ4n) is 3.53. The molecular formula is C23H29N3O2. The van der Waals surface area contributed by atoms with Crippen LogP contribution in [0.4, 0.5) is 11.4 Å². The van der Waals surface area contributed by atoms with Crippen LogP contribution in [-0.4, -0.2) is 30.9 Å². The predicted octanol–water partition coefficient (Wildman–Crippen LogP) is 3.99. The van der Waals surface area contributed by atoms with Crippen LogP contribution in [0.5, 0.6) is 0 Å². The van der Waals surface area contributed by atoms with Crippen molar-refractivity contribution in [1.29, 1.82) is 0 Å². The molecule has 0 aliphatic carbocycles. The van der Waals surface area contributed by atoms with Crippen molar-refractivity contribution in [3.05, 3.63) is 59.7 Å². The first-order valence-corrected chi connectivity index (χ1v) is 9.98. The molecule has 1 fully saturated rings. The van der Waals surface area contributed by atoms with Crippen molar-refractivity contribution >= 4 is 23.2 Å². The summed E-state index contributed by atoms with van der Waals surface area (Å²) in [6.07, 6.45) is 2.46. The monoisotopic (exact) mass is 379 g/mol. The molecule has 1 atom stereocenters. The number of carbonyl (C=O) groups is 2. The molecule has 0 saturated carbocycles. The van der Waals surface area contributed by atoms with E-state index in [0.29, 0.717) is 5.56 Å². The zero-order valence-electron chi connectivity index (χ0n) is 16.9. The molecular weight excluding hydrogens is 350 g/mol. The molecule has 0 spiro atoms. The van der Waals surface area contributed by atoms with Crippen LogP contribution in [0.25, 0.3) is 0 Å². The number of amides is 2. The van der Waals surface area contributed by atoms with Crippen LogP contribution in [0, 0.1) is 12.8 Å². The lowest BCUT2D eigenvalue weighted by molar-refractivity contribution is -0.118. The number of aryl methyl sites for hydroxylation is 1. The van der Waals surface area contributed by atoms with Gasteiger partial charge in [-0.15, -0.1) is 0 Å². The van der Waals surface area contributed by atoms with Crippen LogP contribution in [0.1, 0.15) is 42.6 Å². The molecule has 5 nitrogen and oxygen atoms in total. The topological polar surface area (TPSA) is 61.4 Å². The van der Waals surface area contributed by atoms with Crippen LogP contribution in [0.3, 0.4) is 0 Å². The minimum absolute atomic E-state index is 0.0307. The predicted molar refractivity (Wildman–Crippen MR) is 114 cm³/mol. The standard InChI is InChI=1S/C23H29N3O2/c1-16(2)21(25-22(27)20-9-5-4-8-17(20)3)23(28)24-18-10-12-19(13-11-18)26-14-6-7-15-26/h4-5,8-13,16,21H,6-7,14-15H2,1-3H3,(H,24,28)(H,25,27)/t21-/m1/s1. The maximum Gasteiger partial charge on any atom is 0.252 e. The third kappa shape index (κ3) is 4.71. The minimum atomic E-state index is -0.606. The molecule has 1 heterocycles. The van der Waals surface area contributed by atoms with Gasteiger partial charge >= 0.3 is 0 Å². The molecule has 2 N–H and O–H groups in total. The molecule has 0 unspecified atom stereocenters. The number of hydrogen-bond donors (Lipinski definition) is 2. The first kappa shape index (κ1) is 19.9. The Morgan fingerprint density at radius 2 is 1.61 bits per heavy atom. The second-order valence-electron chi connectivity index (χ2n) is 7.74. The highest BCUT2D eigenvalue weighted by atomic mass is 16.2. The third-order valence-corrected chi connectivity index (χ3v) is 5.23. The molecule has 28 heavy (non-hydrogen) atoms. The average Bonchev–Trinajstić information content (AvgIpc) is 3.21. The summed E-state index contributed by atoms with van der Waals surface area (Å²) < 4.78 is 0. The van der Waals surface area contributed by atoms with Gasteiger partial charge in [0.05, 0.1) is 0 Å². The molecule has 0 bridgehead atoms. The van der Waals surface area contributed by atoms with Gasteiger partial charge in [-0.3, -0.25) is 9.59 Å². The molecule has 0 radical (unpaired) electrons. The average molecular weight is 380 g/mol. The number of benzene rings is 2. The van der Waals surface area contributed by atoms with Gasteiger partial charge in [-0.05, 0) is 61.6 Å². The van der Waals surface area contributed by atoms with Gasteiger partial charge in [0.2, 0.25) is 5.91 Å². The first-order chi connectivity index (χ1) is 13.5. The molecule has 0 aromatic heterocycles. The SMILES string of the molecule is Cc1ccccc1C(=O)N[C@@H](C(=O)Nc1ccc(N2CCCC2)cc1)C(C)C. The van der Waals surface area contributed by atoms with E-state index >= 15 is 0 Å². The number of nitrogens with zero attached hydrogens (tertiary/aromatic N) is 1. The molecule has 3 rings (SSSR count). The number of carbonyl (C=O) groups excluding carboxylic acids is 2. The van der Waals surface area contributed by atoms with E-state index in [-0.39, 0.29) is 17.7 Å². The van der Waals surface area contributed by atoms with Crippen molar-refractivity contribution < 1.29 is 9.59 Å². The van der Waals surface area contributed by atoms with Crippen molar-refractivity contribution in [2.75, 3.05) is 23.3 Å². The lowest BCUT2D eigenvalue weighted by atomic mass is 10.0. The van der Waals surface area contributed by atoms with E-state index < -0.39 is 6.04 Å². The van der Waals surface area contributed by atoms with Gasteiger partial charge in [-0.1, -0.05) is 32.0 Å². The molecule has 1 aliphatic rings. The highest BCUT2D eigenvalue weighted by Crippen LogP contribution is 2.22. The number of rotatable bonds is 6. The highest BCUT2D eigenvalue weighted by Gasteiger charge is 2.25. The molecule has 1 saturated heterocycles. The second kappa shape index (κ2) is 8.91. The van der Waals surface area contributed by atoms with E-state index in [1.54, 1.807) is 6.07 Å². The van der Waals surface area contributed by atoms with Gasteiger partial charge in [-0.2, -0.15) is 0 Å². The third-order valence-electron chi connectivity index (χ3n) is 5.23. The maximum absolute atomic E-state index is 12.8. The summed E-state index contributed by atoms with van der Waals surface area (Å²) in [4.78, 5) is 27.8.